The summed E-state index contributed by atoms with van der Waals surface area (Å²) in [5.41, 5.74) is 3.38. The van der Waals surface area contributed by atoms with E-state index in [-0.39, 0.29) is 30.2 Å². The maximum absolute atomic E-state index is 13.1. The summed E-state index contributed by atoms with van der Waals surface area (Å²) < 4.78 is 6.20. The molecule has 0 spiro atoms. The summed E-state index contributed by atoms with van der Waals surface area (Å²) in [7, 11) is 1.87. The van der Waals surface area contributed by atoms with E-state index < -0.39 is 0 Å². The minimum Gasteiger partial charge on any atom is -0.489 e. The van der Waals surface area contributed by atoms with Gasteiger partial charge in [0, 0.05) is 77.1 Å². The molecule has 0 unspecified atom stereocenters. The van der Waals surface area contributed by atoms with Crippen molar-refractivity contribution < 1.29 is 14.3 Å². The zero-order valence-electron chi connectivity index (χ0n) is 23.0. The molecule has 39 heavy (non-hydrogen) atoms. The second-order valence-corrected chi connectivity index (χ2v) is 10.9. The maximum Gasteiger partial charge on any atom is 0.236 e. The molecule has 0 radical (unpaired) electrons. The van der Waals surface area contributed by atoms with E-state index in [0.29, 0.717) is 39.2 Å². The molecule has 0 aliphatic carbocycles. The molecule has 2 N–H and O–H groups in total. The van der Waals surface area contributed by atoms with Gasteiger partial charge in [-0.2, -0.15) is 0 Å². The molecule has 2 amide bonds. The largest absolute Gasteiger partial charge is 0.489 e. The minimum atomic E-state index is 0.111. The fourth-order valence-corrected chi connectivity index (χ4v) is 5.80. The van der Waals surface area contributed by atoms with Gasteiger partial charge in [-0.1, -0.05) is 42.5 Å². The van der Waals surface area contributed by atoms with Crippen molar-refractivity contribution >= 4 is 17.5 Å². The molecule has 208 valence electrons. The lowest BCUT2D eigenvalue weighted by Crippen LogP contribution is -2.47. The van der Waals surface area contributed by atoms with Gasteiger partial charge in [-0.05, 0) is 42.0 Å². The molecule has 2 aromatic rings. The lowest BCUT2D eigenvalue weighted by Gasteiger charge is -2.38. The van der Waals surface area contributed by atoms with Gasteiger partial charge in [-0.3, -0.25) is 9.59 Å². The zero-order chi connectivity index (χ0) is 27.0. The third-order valence-corrected chi connectivity index (χ3v) is 8.12. The fraction of sp³-hybridized carbons (Fsp3) is 0.484. The molecule has 8 nitrogen and oxygen atoms in total. The van der Waals surface area contributed by atoms with Gasteiger partial charge in [0.2, 0.25) is 11.8 Å². The number of anilines is 1. The van der Waals surface area contributed by atoms with E-state index in [4.69, 9.17) is 4.74 Å². The van der Waals surface area contributed by atoms with E-state index in [1.54, 1.807) is 0 Å². The Morgan fingerprint density at radius 3 is 2.67 bits per heavy atom. The third kappa shape index (κ3) is 7.19. The number of benzene rings is 2. The number of carbonyl (C=O) groups is 2. The Hall–Kier alpha value is -3.36. The van der Waals surface area contributed by atoms with Crippen molar-refractivity contribution in [1.29, 1.82) is 0 Å². The Labute approximate surface area is 232 Å². The number of carbonyl (C=O) groups excluding carboxylic acids is 2. The number of piperidine rings is 1. The normalized spacial score (nSPS) is 22.9. The number of ether oxygens (including phenoxy) is 1. The van der Waals surface area contributed by atoms with Crippen molar-refractivity contribution in [3.05, 3.63) is 71.8 Å². The summed E-state index contributed by atoms with van der Waals surface area (Å²) >= 11 is 0. The number of fused-ring (bicyclic) bond motifs is 3. The van der Waals surface area contributed by atoms with Crippen LogP contribution in [0.15, 0.2) is 60.7 Å². The first-order chi connectivity index (χ1) is 19.1. The standard InChI is InChI=1S/C31H41N5O3/c1-34(22-24-6-3-2-4-7-24)30(37)19-25-11-14-36-23-26(25)8-5-17-39-29-10-9-28(35-15-12-32-13-16-35)18-27(29)20-33-21-31(36)38/h2-10,18,25-26,32-33H,11-17,19-23H2,1H3/b8-5+/t25-,26-/m0/s1. The van der Waals surface area contributed by atoms with Crippen molar-refractivity contribution in [3.63, 3.8) is 0 Å². The molecule has 3 aliphatic heterocycles. The average molecular weight is 532 g/mol. The Balaban J connectivity index is 1.26. The first-order valence-corrected chi connectivity index (χ1v) is 14.2. The highest BCUT2D eigenvalue weighted by Gasteiger charge is 2.32. The van der Waals surface area contributed by atoms with E-state index in [9.17, 15) is 9.59 Å². The molecule has 0 aromatic heterocycles. The summed E-state index contributed by atoms with van der Waals surface area (Å²) in [5, 5.41) is 6.76. The molecule has 2 atom stereocenters. The van der Waals surface area contributed by atoms with Crippen molar-refractivity contribution in [1.82, 2.24) is 20.4 Å². The molecule has 0 saturated carbocycles. The molecule has 2 aromatic carbocycles. The van der Waals surface area contributed by atoms with Gasteiger partial charge in [0.05, 0.1) is 6.54 Å². The smallest absolute Gasteiger partial charge is 0.236 e. The highest BCUT2D eigenvalue weighted by atomic mass is 16.5. The second-order valence-electron chi connectivity index (χ2n) is 10.9. The fourth-order valence-electron chi connectivity index (χ4n) is 5.80. The van der Waals surface area contributed by atoms with E-state index in [1.165, 1.54) is 5.69 Å². The van der Waals surface area contributed by atoms with Crippen molar-refractivity contribution in [2.24, 2.45) is 11.8 Å². The molecular weight excluding hydrogens is 490 g/mol. The molecule has 5 rings (SSSR count). The predicted molar refractivity (Wildman–Crippen MR) is 154 cm³/mol. The molecule has 2 fully saturated rings. The van der Waals surface area contributed by atoms with Crippen LogP contribution < -0.4 is 20.3 Å². The van der Waals surface area contributed by atoms with E-state index in [1.807, 2.05) is 47.2 Å². The van der Waals surface area contributed by atoms with Crippen LogP contribution in [-0.2, 0) is 22.7 Å². The summed E-state index contributed by atoms with van der Waals surface area (Å²) in [5.74, 6) is 1.42. The number of rotatable bonds is 5. The SMILES string of the molecule is CN(Cc1ccccc1)C(=O)C[C@@H]1CCN2C[C@@H]1/C=C/COc1ccc(N3CCNCC3)cc1CNCC2=O. The lowest BCUT2D eigenvalue weighted by atomic mass is 9.82. The number of hydrogen-bond acceptors (Lipinski definition) is 6. The molecule has 2 bridgehead atoms. The minimum absolute atomic E-state index is 0.111. The van der Waals surface area contributed by atoms with Crippen LogP contribution in [0.25, 0.3) is 0 Å². The van der Waals surface area contributed by atoms with E-state index in [2.05, 4.69) is 45.9 Å². The molecule has 2 saturated heterocycles. The summed E-state index contributed by atoms with van der Waals surface area (Å²) in [6.45, 7) is 7.18. The van der Waals surface area contributed by atoms with Crippen LogP contribution in [0.1, 0.15) is 24.0 Å². The quantitative estimate of drug-likeness (QED) is 0.578. The predicted octanol–water partition coefficient (Wildman–Crippen LogP) is 2.65. The lowest BCUT2D eigenvalue weighted by molar-refractivity contribution is -0.134. The summed E-state index contributed by atoms with van der Waals surface area (Å²) in [6.07, 6.45) is 5.52. The van der Waals surface area contributed by atoms with Gasteiger partial charge < -0.3 is 30.1 Å². The van der Waals surface area contributed by atoms with Crippen LogP contribution in [0.4, 0.5) is 5.69 Å². The highest BCUT2D eigenvalue weighted by Crippen LogP contribution is 2.30. The summed E-state index contributed by atoms with van der Waals surface area (Å²) in [6, 6.07) is 16.4. The van der Waals surface area contributed by atoms with Gasteiger partial charge in [0.1, 0.15) is 12.4 Å². The monoisotopic (exact) mass is 531 g/mol. The van der Waals surface area contributed by atoms with Gasteiger partial charge in [-0.25, -0.2) is 0 Å². The number of nitrogens with zero attached hydrogens (tertiary/aromatic N) is 3. The summed E-state index contributed by atoms with van der Waals surface area (Å²) in [4.78, 5) is 32.4. The van der Waals surface area contributed by atoms with E-state index >= 15 is 0 Å². The van der Waals surface area contributed by atoms with Crippen molar-refractivity contribution in [2.75, 3.05) is 64.4 Å². The van der Waals surface area contributed by atoms with Crippen LogP contribution in [0.5, 0.6) is 5.75 Å². The van der Waals surface area contributed by atoms with Crippen LogP contribution in [0.3, 0.4) is 0 Å². The maximum atomic E-state index is 13.1. The van der Waals surface area contributed by atoms with Crippen LogP contribution in [-0.4, -0.2) is 81.1 Å². The second kappa shape index (κ2) is 13.1. The van der Waals surface area contributed by atoms with Gasteiger partial charge >= 0.3 is 0 Å². The highest BCUT2D eigenvalue weighted by molar-refractivity contribution is 5.79. The molecular formula is C31H41N5O3. The molecule has 8 heteroatoms. The van der Waals surface area contributed by atoms with Crippen molar-refractivity contribution in [3.8, 4) is 5.75 Å². The third-order valence-electron chi connectivity index (χ3n) is 8.12. The topological polar surface area (TPSA) is 77.2 Å². The first kappa shape index (κ1) is 27.2. The number of piperazine rings is 1. The van der Waals surface area contributed by atoms with Gasteiger partial charge in [0.25, 0.3) is 0 Å². The van der Waals surface area contributed by atoms with E-state index in [0.717, 1.165) is 49.5 Å². The van der Waals surface area contributed by atoms with Crippen LogP contribution >= 0.6 is 0 Å². The van der Waals surface area contributed by atoms with Crippen molar-refractivity contribution in [2.45, 2.75) is 25.9 Å². The average Bonchev–Trinajstić information content (AvgIpc) is 2.97. The Bertz CT molecular complexity index is 1150. The van der Waals surface area contributed by atoms with Gasteiger partial charge in [0.15, 0.2) is 0 Å². The molecule has 3 aliphatic rings. The van der Waals surface area contributed by atoms with Gasteiger partial charge in [-0.15, -0.1) is 0 Å². The Morgan fingerprint density at radius 2 is 1.85 bits per heavy atom. The Morgan fingerprint density at radius 1 is 1.03 bits per heavy atom. The first-order valence-electron chi connectivity index (χ1n) is 14.2. The Kier molecular flexibility index (Phi) is 9.16. The van der Waals surface area contributed by atoms with Crippen LogP contribution in [0.2, 0.25) is 0 Å². The van der Waals surface area contributed by atoms with Crippen LogP contribution in [0, 0.1) is 11.8 Å². The zero-order valence-corrected chi connectivity index (χ0v) is 23.0. The molecule has 3 heterocycles. The number of amides is 2. The number of hydrogen-bond donors (Lipinski definition) is 2. The number of nitrogens with one attached hydrogen (secondary N) is 2.